The molecule has 0 spiro atoms. The number of hydrogen-bond acceptors (Lipinski definition) is 5. The van der Waals surface area contributed by atoms with Crippen molar-refractivity contribution in [1.82, 2.24) is 25.3 Å². The zero-order valence-corrected chi connectivity index (χ0v) is 17.3. The third-order valence-electron chi connectivity index (χ3n) is 4.94. The van der Waals surface area contributed by atoms with Crippen LogP contribution in [0.15, 0.2) is 18.2 Å². The smallest absolute Gasteiger partial charge is 0.269 e. The first-order chi connectivity index (χ1) is 13.9. The summed E-state index contributed by atoms with van der Waals surface area (Å²) in [5, 5.41) is 14.9. The van der Waals surface area contributed by atoms with Gasteiger partial charge in [-0.25, -0.2) is 0 Å². The van der Waals surface area contributed by atoms with E-state index in [1.54, 1.807) is 10.7 Å². The predicted molar refractivity (Wildman–Crippen MR) is 109 cm³/mol. The number of carbonyl (C=O) groups is 1. The maximum atomic E-state index is 12.5. The Morgan fingerprint density at radius 2 is 2.07 bits per heavy atom. The standard InChI is InChI=1S/C20H22ClN5O3/c1-11-18(12(2)26(3)25-11)15-10-16(24-23-15)20(27)22-5-4-13-8-14(21)19-17(9-13)28-6-7-29-19/h8-10H,4-7H2,1-3H3,(H,22,27)(H,23,24). The van der Waals surface area contributed by atoms with Crippen molar-refractivity contribution in [2.75, 3.05) is 19.8 Å². The number of carbonyl (C=O) groups excluding carboxylic acids is 1. The van der Waals surface area contributed by atoms with E-state index in [1.165, 1.54) is 0 Å². The van der Waals surface area contributed by atoms with Crippen molar-refractivity contribution in [3.63, 3.8) is 0 Å². The molecule has 0 fully saturated rings. The molecule has 2 aromatic heterocycles. The normalized spacial score (nSPS) is 12.8. The number of H-pyrrole nitrogens is 1. The predicted octanol–water partition coefficient (Wildman–Crippen LogP) is 2.82. The lowest BCUT2D eigenvalue weighted by Gasteiger charge is -2.20. The molecular formula is C20H22ClN5O3. The van der Waals surface area contributed by atoms with Crippen LogP contribution in [-0.4, -0.2) is 45.6 Å². The van der Waals surface area contributed by atoms with Gasteiger partial charge in [-0.1, -0.05) is 11.6 Å². The van der Waals surface area contributed by atoms with E-state index in [9.17, 15) is 4.79 Å². The van der Waals surface area contributed by atoms with Crippen LogP contribution >= 0.6 is 11.6 Å². The maximum absolute atomic E-state index is 12.5. The Bertz CT molecular complexity index is 1070. The summed E-state index contributed by atoms with van der Waals surface area (Å²) < 4.78 is 12.9. The molecule has 0 saturated heterocycles. The molecular weight excluding hydrogens is 394 g/mol. The number of fused-ring (bicyclic) bond motifs is 1. The molecule has 0 aliphatic carbocycles. The summed E-state index contributed by atoms with van der Waals surface area (Å²) in [5.74, 6) is 1.01. The quantitative estimate of drug-likeness (QED) is 0.668. The lowest BCUT2D eigenvalue weighted by Crippen LogP contribution is -2.26. The van der Waals surface area contributed by atoms with E-state index in [1.807, 2.05) is 33.0 Å². The number of aromatic amines is 1. The number of aromatic nitrogens is 4. The average molecular weight is 416 g/mol. The highest BCUT2D eigenvalue weighted by Crippen LogP contribution is 2.38. The van der Waals surface area contributed by atoms with E-state index in [4.69, 9.17) is 21.1 Å². The molecule has 0 unspecified atom stereocenters. The SMILES string of the molecule is Cc1nn(C)c(C)c1-c1cc(C(=O)NCCc2cc(Cl)c3c(c2)OCCO3)[nH]n1. The topological polar surface area (TPSA) is 94.1 Å². The summed E-state index contributed by atoms with van der Waals surface area (Å²) in [7, 11) is 1.89. The largest absolute Gasteiger partial charge is 0.486 e. The second kappa shape index (κ2) is 7.79. The molecule has 0 bridgehead atoms. The summed E-state index contributed by atoms with van der Waals surface area (Å²) in [4.78, 5) is 12.5. The Kier molecular flexibility index (Phi) is 5.19. The van der Waals surface area contributed by atoms with Crippen LogP contribution in [-0.2, 0) is 13.5 Å². The van der Waals surface area contributed by atoms with Gasteiger partial charge in [0.05, 0.1) is 16.4 Å². The second-order valence-electron chi connectivity index (χ2n) is 6.94. The fourth-order valence-corrected chi connectivity index (χ4v) is 3.72. The molecule has 29 heavy (non-hydrogen) atoms. The first-order valence-electron chi connectivity index (χ1n) is 9.36. The fourth-order valence-electron chi connectivity index (χ4n) is 3.43. The Hall–Kier alpha value is -3.00. The van der Waals surface area contributed by atoms with Gasteiger partial charge in [0.15, 0.2) is 11.5 Å². The number of halogens is 1. The first kappa shape index (κ1) is 19.3. The third-order valence-corrected chi connectivity index (χ3v) is 5.22. The zero-order valence-electron chi connectivity index (χ0n) is 16.5. The van der Waals surface area contributed by atoms with Gasteiger partial charge in [0.25, 0.3) is 5.91 Å². The zero-order chi connectivity index (χ0) is 20.5. The monoisotopic (exact) mass is 415 g/mol. The Balaban J connectivity index is 1.40. The number of benzene rings is 1. The highest BCUT2D eigenvalue weighted by atomic mass is 35.5. The van der Waals surface area contributed by atoms with Crippen LogP contribution < -0.4 is 14.8 Å². The lowest BCUT2D eigenvalue weighted by atomic mass is 10.1. The van der Waals surface area contributed by atoms with Crippen molar-refractivity contribution < 1.29 is 14.3 Å². The number of aryl methyl sites for hydroxylation is 2. The number of amides is 1. The summed E-state index contributed by atoms with van der Waals surface area (Å²) in [6.07, 6.45) is 0.615. The minimum absolute atomic E-state index is 0.216. The molecule has 0 radical (unpaired) electrons. The van der Waals surface area contributed by atoms with Gasteiger partial charge in [-0.2, -0.15) is 10.2 Å². The van der Waals surface area contributed by atoms with Gasteiger partial charge < -0.3 is 14.8 Å². The molecule has 3 aromatic rings. The maximum Gasteiger partial charge on any atom is 0.269 e. The molecule has 8 nitrogen and oxygen atoms in total. The van der Waals surface area contributed by atoms with Crippen LogP contribution in [0.25, 0.3) is 11.3 Å². The molecule has 152 valence electrons. The average Bonchev–Trinajstić information content (AvgIpc) is 3.26. The van der Waals surface area contributed by atoms with Crippen LogP contribution in [0.1, 0.15) is 27.4 Å². The first-order valence-corrected chi connectivity index (χ1v) is 9.74. The number of rotatable bonds is 5. The molecule has 1 aliphatic heterocycles. The van der Waals surface area contributed by atoms with Crippen LogP contribution in [0.5, 0.6) is 11.5 Å². The summed E-state index contributed by atoms with van der Waals surface area (Å²) in [5.41, 5.74) is 4.88. The molecule has 0 saturated carbocycles. The van der Waals surface area contributed by atoms with Crippen LogP contribution in [0.3, 0.4) is 0 Å². The summed E-state index contributed by atoms with van der Waals surface area (Å²) in [6.45, 7) is 5.35. The van der Waals surface area contributed by atoms with Crippen LogP contribution in [0.2, 0.25) is 5.02 Å². The van der Waals surface area contributed by atoms with E-state index in [0.717, 1.165) is 22.5 Å². The van der Waals surface area contributed by atoms with E-state index in [2.05, 4.69) is 20.6 Å². The molecule has 1 aromatic carbocycles. The van der Waals surface area contributed by atoms with Gasteiger partial charge in [-0.05, 0) is 44.0 Å². The number of hydrogen-bond donors (Lipinski definition) is 2. The van der Waals surface area contributed by atoms with Crippen molar-refractivity contribution in [2.45, 2.75) is 20.3 Å². The van der Waals surface area contributed by atoms with E-state index in [-0.39, 0.29) is 5.91 Å². The van der Waals surface area contributed by atoms with Gasteiger partial charge in [-0.15, -0.1) is 0 Å². The number of ether oxygens (including phenoxy) is 2. The van der Waals surface area contributed by atoms with Gasteiger partial charge >= 0.3 is 0 Å². The van der Waals surface area contributed by atoms with Gasteiger partial charge in [0, 0.05) is 24.8 Å². The van der Waals surface area contributed by atoms with E-state index in [0.29, 0.717) is 54.1 Å². The minimum Gasteiger partial charge on any atom is -0.486 e. The van der Waals surface area contributed by atoms with Crippen molar-refractivity contribution in [3.8, 4) is 22.8 Å². The highest BCUT2D eigenvalue weighted by molar-refractivity contribution is 6.32. The molecule has 4 rings (SSSR count). The molecule has 3 heterocycles. The van der Waals surface area contributed by atoms with Crippen molar-refractivity contribution >= 4 is 17.5 Å². The van der Waals surface area contributed by atoms with Crippen molar-refractivity contribution in [3.05, 3.63) is 45.9 Å². The summed E-state index contributed by atoms with van der Waals surface area (Å²) in [6, 6.07) is 5.48. The van der Waals surface area contributed by atoms with Gasteiger partial charge in [0.1, 0.15) is 18.9 Å². The Labute approximate surface area is 173 Å². The number of nitrogens with one attached hydrogen (secondary N) is 2. The van der Waals surface area contributed by atoms with Crippen molar-refractivity contribution in [1.29, 1.82) is 0 Å². The fraction of sp³-hybridized carbons (Fsp3) is 0.350. The second-order valence-corrected chi connectivity index (χ2v) is 7.35. The molecule has 1 amide bonds. The van der Waals surface area contributed by atoms with Crippen LogP contribution in [0, 0.1) is 13.8 Å². The minimum atomic E-state index is -0.216. The molecule has 9 heteroatoms. The van der Waals surface area contributed by atoms with Crippen LogP contribution in [0.4, 0.5) is 0 Å². The molecule has 1 aliphatic rings. The summed E-state index contributed by atoms with van der Waals surface area (Å²) >= 11 is 6.26. The van der Waals surface area contributed by atoms with E-state index >= 15 is 0 Å². The van der Waals surface area contributed by atoms with Crippen molar-refractivity contribution in [2.24, 2.45) is 7.05 Å². The molecule has 0 atom stereocenters. The third kappa shape index (κ3) is 3.80. The highest BCUT2D eigenvalue weighted by Gasteiger charge is 2.18. The lowest BCUT2D eigenvalue weighted by molar-refractivity contribution is 0.0949. The van der Waals surface area contributed by atoms with Gasteiger partial charge in [-0.3, -0.25) is 14.6 Å². The van der Waals surface area contributed by atoms with E-state index < -0.39 is 0 Å². The Morgan fingerprint density at radius 1 is 1.28 bits per heavy atom. The van der Waals surface area contributed by atoms with Gasteiger partial charge in [0.2, 0.25) is 0 Å². The Morgan fingerprint density at radius 3 is 2.83 bits per heavy atom. The molecule has 2 N–H and O–H groups in total. The number of nitrogens with zero attached hydrogens (tertiary/aromatic N) is 3.